The standard InChI is InChI=1S/C14H20N2O2/c1-14(9-15)7-8-16(10-14)13(17)11-5-3-4-6-12(11)18-2/h3-6H,7-10,15H2,1-2H3. The van der Waals surface area contributed by atoms with Gasteiger partial charge in [0.1, 0.15) is 5.75 Å². The third-order valence-corrected chi connectivity index (χ3v) is 3.68. The van der Waals surface area contributed by atoms with Gasteiger partial charge in [-0.15, -0.1) is 0 Å². The Kier molecular flexibility index (Phi) is 3.57. The molecule has 1 aromatic rings. The molecule has 0 spiro atoms. The van der Waals surface area contributed by atoms with Crippen LogP contribution >= 0.6 is 0 Å². The zero-order valence-electron chi connectivity index (χ0n) is 11.0. The molecule has 1 amide bonds. The average molecular weight is 248 g/mol. The molecule has 1 aromatic carbocycles. The molecule has 0 aromatic heterocycles. The van der Waals surface area contributed by atoms with Crippen LogP contribution in [-0.4, -0.2) is 37.6 Å². The van der Waals surface area contributed by atoms with Crippen molar-refractivity contribution in [1.29, 1.82) is 0 Å². The van der Waals surface area contributed by atoms with E-state index in [4.69, 9.17) is 10.5 Å². The maximum atomic E-state index is 12.4. The minimum atomic E-state index is 0.0321. The summed E-state index contributed by atoms with van der Waals surface area (Å²) in [5, 5.41) is 0. The van der Waals surface area contributed by atoms with Crippen LogP contribution in [0.1, 0.15) is 23.7 Å². The smallest absolute Gasteiger partial charge is 0.257 e. The highest BCUT2D eigenvalue weighted by Gasteiger charge is 2.35. The molecule has 1 atom stereocenters. The second kappa shape index (κ2) is 4.98. The number of hydrogen-bond donors (Lipinski definition) is 1. The van der Waals surface area contributed by atoms with Crippen LogP contribution in [0.2, 0.25) is 0 Å². The summed E-state index contributed by atoms with van der Waals surface area (Å²) in [6.45, 7) is 4.23. The maximum Gasteiger partial charge on any atom is 0.257 e. The van der Waals surface area contributed by atoms with Gasteiger partial charge in [0.15, 0.2) is 0 Å². The minimum Gasteiger partial charge on any atom is -0.496 e. The van der Waals surface area contributed by atoms with Crippen molar-refractivity contribution < 1.29 is 9.53 Å². The molecule has 1 aliphatic rings. The molecule has 2 rings (SSSR count). The number of nitrogens with zero attached hydrogens (tertiary/aromatic N) is 1. The first-order valence-corrected chi connectivity index (χ1v) is 6.22. The first kappa shape index (κ1) is 12.9. The number of carbonyl (C=O) groups is 1. The summed E-state index contributed by atoms with van der Waals surface area (Å²) < 4.78 is 5.23. The Morgan fingerprint density at radius 3 is 2.83 bits per heavy atom. The van der Waals surface area contributed by atoms with Crippen molar-refractivity contribution >= 4 is 5.91 Å². The fraction of sp³-hybridized carbons (Fsp3) is 0.500. The zero-order chi connectivity index (χ0) is 13.2. The summed E-state index contributed by atoms with van der Waals surface area (Å²) in [4.78, 5) is 14.3. The quantitative estimate of drug-likeness (QED) is 0.882. The molecule has 1 aliphatic heterocycles. The second-order valence-corrected chi connectivity index (χ2v) is 5.19. The van der Waals surface area contributed by atoms with Crippen LogP contribution in [0.3, 0.4) is 0 Å². The van der Waals surface area contributed by atoms with Crippen LogP contribution in [0.5, 0.6) is 5.75 Å². The highest BCUT2D eigenvalue weighted by Crippen LogP contribution is 2.30. The summed E-state index contributed by atoms with van der Waals surface area (Å²) in [5.74, 6) is 0.661. The van der Waals surface area contributed by atoms with Crippen molar-refractivity contribution in [1.82, 2.24) is 4.90 Å². The molecule has 1 fully saturated rings. The Labute approximate surface area is 108 Å². The highest BCUT2D eigenvalue weighted by molar-refractivity contribution is 5.97. The number of benzene rings is 1. The van der Waals surface area contributed by atoms with Crippen LogP contribution < -0.4 is 10.5 Å². The van der Waals surface area contributed by atoms with Gasteiger partial charge in [-0.2, -0.15) is 0 Å². The molecule has 98 valence electrons. The van der Waals surface area contributed by atoms with E-state index in [1.807, 2.05) is 23.1 Å². The van der Waals surface area contributed by atoms with Crippen LogP contribution in [0.25, 0.3) is 0 Å². The van der Waals surface area contributed by atoms with Gasteiger partial charge in [0.05, 0.1) is 12.7 Å². The number of methoxy groups -OCH3 is 1. The number of rotatable bonds is 3. The third-order valence-electron chi connectivity index (χ3n) is 3.68. The van der Waals surface area contributed by atoms with Gasteiger partial charge in [-0.25, -0.2) is 0 Å². The molecule has 0 saturated carbocycles. The molecule has 18 heavy (non-hydrogen) atoms. The lowest BCUT2D eigenvalue weighted by Gasteiger charge is -2.23. The van der Waals surface area contributed by atoms with Crippen LogP contribution in [0.4, 0.5) is 0 Å². The Bertz CT molecular complexity index is 447. The Balaban J connectivity index is 2.18. The molecular weight excluding hydrogens is 228 g/mol. The van der Waals surface area contributed by atoms with E-state index in [-0.39, 0.29) is 11.3 Å². The normalized spacial score (nSPS) is 23.2. The van der Waals surface area contributed by atoms with E-state index in [2.05, 4.69) is 6.92 Å². The second-order valence-electron chi connectivity index (χ2n) is 5.19. The predicted octanol–water partition coefficient (Wildman–Crippen LogP) is 1.51. The molecule has 1 heterocycles. The van der Waals surface area contributed by atoms with Crippen molar-refractivity contribution in [3.05, 3.63) is 29.8 Å². The summed E-state index contributed by atoms with van der Waals surface area (Å²) in [6, 6.07) is 7.34. The van der Waals surface area contributed by atoms with Crippen molar-refractivity contribution in [2.75, 3.05) is 26.7 Å². The van der Waals surface area contributed by atoms with Crippen LogP contribution in [0.15, 0.2) is 24.3 Å². The van der Waals surface area contributed by atoms with E-state index in [0.29, 0.717) is 17.9 Å². The van der Waals surface area contributed by atoms with Gasteiger partial charge in [-0.05, 0) is 30.5 Å². The monoisotopic (exact) mass is 248 g/mol. The van der Waals surface area contributed by atoms with E-state index in [0.717, 1.165) is 19.5 Å². The lowest BCUT2D eigenvalue weighted by Crippen LogP contribution is -2.34. The molecular formula is C14H20N2O2. The average Bonchev–Trinajstić information content (AvgIpc) is 2.81. The number of amides is 1. The SMILES string of the molecule is COc1ccccc1C(=O)N1CCC(C)(CN)C1. The minimum absolute atomic E-state index is 0.0321. The van der Waals surface area contributed by atoms with E-state index < -0.39 is 0 Å². The number of carbonyl (C=O) groups excluding carboxylic acids is 1. The molecule has 1 saturated heterocycles. The van der Waals surface area contributed by atoms with Gasteiger partial charge in [-0.3, -0.25) is 4.79 Å². The fourth-order valence-electron chi connectivity index (χ4n) is 2.36. The predicted molar refractivity (Wildman–Crippen MR) is 70.7 cm³/mol. The maximum absolute atomic E-state index is 12.4. The van der Waals surface area contributed by atoms with Gasteiger partial charge < -0.3 is 15.4 Å². The largest absolute Gasteiger partial charge is 0.496 e. The lowest BCUT2D eigenvalue weighted by atomic mass is 9.90. The molecule has 2 N–H and O–H groups in total. The van der Waals surface area contributed by atoms with Gasteiger partial charge in [0.25, 0.3) is 5.91 Å². The summed E-state index contributed by atoms with van der Waals surface area (Å²) >= 11 is 0. The van der Waals surface area contributed by atoms with Gasteiger partial charge >= 0.3 is 0 Å². The van der Waals surface area contributed by atoms with Crippen LogP contribution in [-0.2, 0) is 0 Å². The Morgan fingerprint density at radius 1 is 1.50 bits per heavy atom. The van der Waals surface area contributed by atoms with Crippen molar-refractivity contribution in [3.8, 4) is 5.75 Å². The highest BCUT2D eigenvalue weighted by atomic mass is 16.5. The number of ether oxygens (including phenoxy) is 1. The number of likely N-dealkylation sites (tertiary alicyclic amines) is 1. The molecule has 0 aliphatic carbocycles. The Hall–Kier alpha value is -1.55. The third kappa shape index (κ3) is 2.34. The summed E-state index contributed by atoms with van der Waals surface area (Å²) in [6.07, 6.45) is 0.963. The Morgan fingerprint density at radius 2 is 2.22 bits per heavy atom. The van der Waals surface area contributed by atoms with E-state index in [1.165, 1.54) is 0 Å². The molecule has 0 bridgehead atoms. The van der Waals surface area contributed by atoms with Crippen molar-refractivity contribution in [2.24, 2.45) is 11.1 Å². The van der Waals surface area contributed by atoms with Gasteiger partial charge in [-0.1, -0.05) is 19.1 Å². The van der Waals surface area contributed by atoms with Crippen molar-refractivity contribution in [2.45, 2.75) is 13.3 Å². The van der Waals surface area contributed by atoms with Gasteiger partial charge in [0, 0.05) is 13.1 Å². The van der Waals surface area contributed by atoms with E-state index in [1.54, 1.807) is 13.2 Å². The topological polar surface area (TPSA) is 55.6 Å². The summed E-state index contributed by atoms with van der Waals surface area (Å²) in [5.41, 5.74) is 6.44. The molecule has 4 heteroatoms. The van der Waals surface area contributed by atoms with Crippen molar-refractivity contribution in [3.63, 3.8) is 0 Å². The van der Waals surface area contributed by atoms with Crippen LogP contribution in [0, 0.1) is 5.41 Å². The van der Waals surface area contributed by atoms with E-state index in [9.17, 15) is 4.79 Å². The summed E-state index contributed by atoms with van der Waals surface area (Å²) in [7, 11) is 1.58. The first-order chi connectivity index (χ1) is 8.59. The molecule has 0 radical (unpaired) electrons. The first-order valence-electron chi connectivity index (χ1n) is 6.22. The van der Waals surface area contributed by atoms with Gasteiger partial charge in [0.2, 0.25) is 0 Å². The number of hydrogen-bond acceptors (Lipinski definition) is 3. The van der Waals surface area contributed by atoms with E-state index >= 15 is 0 Å². The molecule has 1 unspecified atom stereocenters. The molecule has 4 nitrogen and oxygen atoms in total. The number of nitrogens with two attached hydrogens (primary N) is 1. The zero-order valence-corrected chi connectivity index (χ0v) is 11.0. The lowest BCUT2D eigenvalue weighted by molar-refractivity contribution is 0.0773. The number of para-hydroxylation sites is 1. The fourth-order valence-corrected chi connectivity index (χ4v) is 2.36.